The molecule has 2 atom stereocenters. The average molecular weight is 538 g/mol. The minimum Gasteiger partial charge on any atom is -0.352 e. The maximum atomic E-state index is 12.9. The third-order valence-electron chi connectivity index (χ3n) is 7.69. The molecule has 0 bridgehead atoms. The van der Waals surface area contributed by atoms with Crippen molar-refractivity contribution in [2.24, 2.45) is 0 Å². The van der Waals surface area contributed by atoms with Crippen molar-refractivity contribution < 1.29 is 4.79 Å². The summed E-state index contributed by atoms with van der Waals surface area (Å²) in [5.41, 5.74) is 10.0. The number of anilines is 1. The van der Waals surface area contributed by atoms with Crippen molar-refractivity contribution >= 4 is 28.9 Å². The van der Waals surface area contributed by atoms with Crippen LogP contribution in [0.5, 0.6) is 0 Å². The molecule has 0 radical (unpaired) electrons. The van der Waals surface area contributed by atoms with Crippen LogP contribution in [-0.2, 0) is 4.79 Å². The molecule has 1 aliphatic heterocycles. The van der Waals surface area contributed by atoms with E-state index in [1.165, 1.54) is 22.4 Å². The lowest BCUT2D eigenvalue weighted by atomic mass is 9.96. The number of carbonyl (C=O) groups is 1. The van der Waals surface area contributed by atoms with Crippen LogP contribution in [0.1, 0.15) is 57.8 Å². The van der Waals surface area contributed by atoms with Crippen molar-refractivity contribution in [3.8, 4) is 5.69 Å². The minimum atomic E-state index is -0.133. The number of amides is 1. The molecule has 4 aromatic rings. The highest BCUT2D eigenvalue weighted by atomic mass is 32.1. The van der Waals surface area contributed by atoms with Gasteiger partial charge in [-0.25, -0.2) is 0 Å². The van der Waals surface area contributed by atoms with E-state index >= 15 is 0 Å². The predicted octanol–water partition coefficient (Wildman–Crippen LogP) is 6.42. The number of benzene rings is 2. The lowest BCUT2D eigenvalue weighted by molar-refractivity contribution is -0.116. The topological polar surface area (TPSA) is 62.2 Å². The third-order valence-corrected chi connectivity index (χ3v) is 8.04. The number of aryl methyl sites for hydroxylation is 3. The Morgan fingerprint density at radius 1 is 1.00 bits per heavy atom. The van der Waals surface area contributed by atoms with Crippen molar-refractivity contribution in [3.63, 3.8) is 0 Å². The van der Waals surface area contributed by atoms with Gasteiger partial charge in [0.1, 0.15) is 0 Å². The number of hydrogen-bond acceptors (Lipinski definition) is 3. The molecule has 0 spiro atoms. The molecule has 3 heterocycles. The summed E-state index contributed by atoms with van der Waals surface area (Å²) in [5, 5.41) is 7.19. The lowest BCUT2D eigenvalue weighted by Gasteiger charge is -2.28. The summed E-state index contributed by atoms with van der Waals surface area (Å²) in [6, 6.07) is 22.3. The molecule has 0 saturated carbocycles. The molecule has 1 amide bonds. The average Bonchev–Trinajstić information content (AvgIpc) is 3.39. The molecular weight excluding hydrogens is 502 g/mol. The van der Waals surface area contributed by atoms with Gasteiger partial charge in [0.15, 0.2) is 5.11 Å². The molecule has 7 heteroatoms. The normalized spacial score (nSPS) is 16.8. The van der Waals surface area contributed by atoms with Gasteiger partial charge in [0.05, 0.1) is 17.8 Å². The van der Waals surface area contributed by atoms with Gasteiger partial charge in [0, 0.05) is 41.9 Å². The Bertz CT molecular complexity index is 1530. The van der Waals surface area contributed by atoms with Crippen molar-refractivity contribution in [2.45, 2.75) is 53.1 Å². The molecule has 200 valence electrons. The molecule has 5 rings (SSSR count). The van der Waals surface area contributed by atoms with E-state index in [-0.39, 0.29) is 18.0 Å². The molecule has 39 heavy (non-hydrogen) atoms. The maximum absolute atomic E-state index is 12.9. The third kappa shape index (κ3) is 5.32. The first kappa shape index (κ1) is 26.6. The van der Waals surface area contributed by atoms with Gasteiger partial charge in [-0.1, -0.05) is 30.3 Å². The van der Waals surface area contributed by atoms with E-state index in [1.54, 1.807) is 0 Å². The van der Waals surface area contributed by atoms with E-state index in [9.17, 15) is 4.79 Å². The fraction of sp³-hybridized carbons (Fsp3) is 0.281. The molecule has 1 saturated heterocycles. The van der Waals surface area contributed by atoms with Gasteiger partial charge in [-0.05, 0) is 105 Å². The van der Waals surface area contributed by atoms with E-state index < -0.39 is 0 Å². The molecule has 1 aliphatic rings. The zero-order valence-electron chi connectivity index (χ0n) is 23.2. The Balaban J connectivity index is 1.49. The number of nitrogens with zero attached hydrogens (tertiary/aromatic N) is 3. The largest absolute Gasteiger partial charge is 0.352 e. The highest BCUT2D eigenvalue weighted by molar-refractivity contribution is 7.80. The van der Waals surface area contributed by atoms with E-state index in [2.05, 4.69) is 77.0 Å². The Kier molecular flexibility index (Phi) is 7.53. The summed E-state index contributed by atoms with van der Waals surface area (Å²) in [4.78, 5) is 19.8. The van der Waals surface area contributed by atoms with Gasteiger partial charge in [-0.3, -0.25) is 9.78 Å². The van der Waals surface area contributed by atoms with Crippen molar-refractivity contribution in [3.05, 3.63) is 112 Å². The van der Waals surface area contributed by atoms with Crippen LogP contribution < -0.4 is 10.6 Å². The molecule has 2 N–H and O–H groups in total. The fourth-order valence-electron chi connectivity index (χ4n) is 5.59. The molecule has 0 unspecified atom stereocenters. The lowest BCUT2D eigenvalue weighted by Crippen LogP contribution is -2.32. The van der Waals surface area contributed by atoms with Crippen LogP contribution in [0.2, 0.25) is 0 Å². The quantitative estimate of drug-likeness (QED) is 0.267. The number of hydrogen-bond donors (Lipinski definition) is 2. The van der Waals surface area contributed by atoms with E-state index in [0.29, 0.717) is 18.1 Å². The van der Waals surface area contributed by atoms with Crippen molar-refractivity contribution in [2.75, 3.05) is 11.9 Å². The second-order valence-electron chi connectivity index (χ2n) is 10.4. The summed E-state index contributed by atoms with van der Waals surface area (Å²) in [5.74, 6) is -0.0377. The first-order valence-electron chi connectivity index (χ1n) is 13.3. The standard InChI is InChI=1S/C32H35N5OS/c1-20-10-8-12-25(18-20)34-29(38)15-17-36-31(30(35-32(36)39)27-13-6-7-16-33-27)26-19-22(3)37(24(26)5)28-14-9-11-21(2)23(28)4/h6-14,16,18-19,30-31H,15,17H2,1-5H3,(H,34,38)(H,35,39)/t30-,31-/m0/s1. The van der Waals surface area contributed by atoms with Crippen molar-refractivity contribution in [1.82, 2.24) is 19.8 Å². The van der Waals surface area contributed by atoms with Gasteiger partial charge in [-0.2, -0.15) is 0 Å². The predicted molar refractivity (Wildman–Crippen MR) is 161 cm³/mol. The van der Waals surface area contributed by atoms with Gasteiger partial charge in [0.25, 0.3) is 0 Å². The smallest absolute Gasteiger partial charge is 0.226 e. The highest BCUT2D eigenvalue weighted by Crippen LogP contribution is 2.41. The summed E-state index contributed by atoms with van der Waals surface area (Å²) in [7, 11) is 0. The Labute approximate surface area is 236 Å². The molecular formula is C32H35N5OS. The minimum absolute atomic E-state index is 0.0377. The summed E-state index contributed by atoms with van der Waals surface area (Å²) >= 11 is 5.86. The monoisotopic (exact) mass is 537 g/mol. The Morgan fingerprint density at radius 2 is 1.79 bits per heavy atom. The van der Waals surface area contributed by atoms with E-state index in [0.717, 1.165) is 28.3 Å². The van der Waals surface area contributed by atoms with Crippen LogP contribution in [0.15, 0.2) is 72.9 Å². The van der Waals surface area contributed by atoms with Crippen LogP contribution >= 0.6 is 12.2 Å². The molecule has 0 aliphatic carbocycles. The van der Waals surface area contributed by atoms with Crippen LogP contribution in [0.3, 0.4) is 0 Å². The van der Waals surface area contributed by atoms with E-state index in [4.69, 9.17) is 12.2 Å². The number of rotatable bonds is 7. The van der Waals surface area contributed by atoms with Crippen LogP contribution in [-0.4, -0.2) is 32.0 Å². The van der Waals surface area contributed by atoms with Crippen LogP contribution in [0.4, 0.5) is 5.69 Å². The highest BCUT2D eigenvalue weighted by Gasteiger charge is 2.41. The molecule has 2 aromatic carbocycles. The van der Waals surface area contributed by atoms with Gasteiger partial charge < -0.3 is 20.1 Å². The van der Waals surface area contributed by atoms with Gasteiger partial charge >= 0.3 is 0 Å². The SMILES string of the molecule is Cc1cccc(NC(=O)CCN2C(=S)N[C@@H](c3ccccn3)[C@@H]2c2cc(C)n(-c3cccc(C)c3C)c2C)c1. The Morgan fingerprint density at radius 3 is 2.54 bits per heavy atom. The van der Waals surface area contributed by atoms with Crippen molar-refractivity contribution in [1.29, 1.82) is 0 Å². The second-order valence-corrected chi connectivity index (χ2v) is 10.8. The zero-order valence-corrected chi connectivity index (χ0v) is 24.0. The second kappa shape index (κ2) is 11.0. The van der Waals surface area contributed by atoms with Gasteiger partial charge in [-0.15, -0.1) is 0 Å². The summed E-state index contributed by atoms with van der Waals surface area (Å²) < 4.78 is 2.33. The summed E-state index contributed by atoms with van der Waals surface area (Å²) in [6.45, 7) is 11.1. The Hall–Kier alpha value is -3.97. The van der Waals surface area contributed by atoms with Crippen LogP contribution in [0, 0.1) is 34.6 Å². The summed E-state index contributed by atoms with van der Waals surface area (Å²) in [6.07, 6.45) is 2.13. The number of nitrogens with one attached hydrogen (secondary N) is 2. The van der Waals surface area contributed by atoms with E-state index in [1.807, 2.05) is 55.6 Å². The first-order valence-corrected chi connectivity index (χ1v) is 13.8. The first-order chi connectivity index (χ1) is 18.7. The zero-order chi connectivity index (χ0) is 27.7. The number of thiocarbonyl (C=S) groups is 1. The number of carbonyl (C=O) groups excluding carboxylic acids is 1. The molecule has 2 aromatic heterocycles. The fourth-order valence-corrected chi connectivity index (χ4v) is 5.92. The maximum Gasteiger partial charge on any atom is 0.226 e. The van der Waals surface area contributed by atoms with Crippen LogP contribution in [0.25, 0.3) is 5.69 Å². The number of pyridine rings is 1. The molecule has 1 fully saturated rings. The number of aromatic nitrogens is 2. The molecule has 6 nitrogen and oxygen atoms in total. The van der Waals surface area contributed by atoms with Gasteiger partial charge in [0.2, 0.25) is 5.91 Å².